The average Bonchev–Trinajstić information content (AvgIpc) is 2.27. The van der Waals surface area contributed by atoms with Crippen LogP contribution in [0.2, 0.25) is 0 Å². The number of aliphatic hydroxyl groups is 1. The molecule has 1 aromatic rings. The fourth-order valence-corrected chi connectivity index (χ4v) is 1.19. The smallest absolute Gasteiger partial charge is 0.0991 e. The van der Waals surface area contributed by atoms with E-state index in [1.165, 1.54) is 0 Å². The van der Waals surface area contributed by atoms with Crippen molar-refractivity contribution in [2.24, 2.45) is 5.92 Å². The third kappa shape index (κ3) is 2.21. The van der Waals surface area contributed by atoms with Crippen LogP contribution in [-0.4, -0.2) is 5.11 Å². The maximum Gasteiger partial charge on any atom is 0.0991 e. The highest BCUT2D eigenvalue weighted by Gasteiger charge is 2.12. The van der Waals surface area contributed by atoms with Crippen LogP contribution in [0.3, 0.4) is 0 Å². The van der Waals surface area contributed by atoms with Gasteiger partial charge in [-0.3, -0.25) is 0 Å². The molecule has 0 unspecified atom stereocenters. The zero-order valence-electron chi connectivity index (χ0n) is 8.14. The van der Waals surface area contributed by atoms with Crippen LogP contribution in [0.5, 0.6) is 0 Å². The summed E-state index contributed by atoms with van der Waals surface area (Å²) in [6.45, 7) is 5.53. The van der Waals surface area contributed by atoms with Crippen LogP contribution in [0.1, 0.15) is 24.2 Å². The fraction of sp³-hybridized carbons (Fsp3) is 0.250. The lowest BCUT2D eigenvalue weighted by atomic mass is 9.97. The molecule has 2 nitrogen and oxygen atoms in total. The van der Waals surface area contributed by atoms with Crippen LogP contribution < -0.4 is 0 Å². The van der Waals surface area contributed by atoms with E-state index in [2.05, 4.69) is 6.58 Å². The number of hydrogen-bond donors (Lipinski definition) is 1. The van der Waals surface area contributed by atoms with Gasteiger partial charge >= 0.3 is 0 Å². The lowest BCUT2D eigenvalue weighted by Crippen LogP contribution is -2.06. The summed E-state index contributed by atoms with van der Waals surface area (Å²) in [6, 6.07) is 8.97. The minimum atomic E-state index is -0.541. The molecule has 1 aromatic carbocycles. The molecule has 0 aliphatic heterocycles. The molecule has 72 valence electrons. The highest BCUT2D eigenvalue weighted by molar-refractivity contribution is 5.32. The van der Waals surface area contributed by atoms with Gasteiger partial charge in [-0.15, -0.1) is 6.58 Å². The Morgan fingerprint density at radius 1 is 1.43 bits per heavy atom. The molecule has 0 fully saturated rings. The molecule has 0 bridgehead atoms. The lowest BCUT2D eigenvalue weighted by molar-refractivity contribution is 0.140. The Bertz CT molecular complexity index is 348. The predicted octanol–water partition coefficient (Wildman–Crippen LogP) is 2.41. The quantitative estimate of drug-likeness (QED) is 0.738. The van der Waals surface area contributed by atoms with Gasteiger partial charge in [-0.1, -0.05) is 25.1 Å². The van der Waals surface area contributed by atoms with E-state index >= 15 is 0 Å². The summed E-state index contributed by atoms with van der Waals surface area (Å²) in [7, 11) is 0. The van der Waals surface area contributed by atoms with Crippen LogP contribution in [-0.2, 0) is 0 Å². The van der Waals surface area contributed by atoms with Gasteiger partial charge in [0.2, 0.25) is 0 Å². The number of nitrogens with zero attached hydrogens (tertiary/aromatic N) is 1. The molecule has 0 amide bonds. The van der Waals surface area contributed by atoms with Gasteiger partial charge in [-0.05, 0) is 17.7 Å². The largest absolute Gasteiger partial charge is 0.388 e. The standard InChI is InChI=1S/C12H13NO/c1-3-9(2)12(14)11-6-4-10(8-13)5-7-11/h3-7,9,12,14H,1H2,2H3/t9-,12-/m0/s1. The molecule has 0 radical (unpaired) electrons. The van der Waals surface area contributed by atoms with Crippen molar-refractivity contribution in [2.45, 2.75) is 13.0 Å². The number of aliphatic hydroxyl groups excluding tert-OH is 1. The van der Waals surface area contributed by atoms with Crippen molar-refractivity contribution in [1.82, 2.24) is 0 Å². The molecule has 0 aromatic heterocycles. The first-order valence-corrected chi connectivity index (χ1v) is 4.49. The normalized spacial score (nSPS) is 14.1. The van der Waals surface area contributed by atoms with Crippen molar-refractivity contribution >= 4 is 0 Å². The Kier molecular flexibility index (Phi) is 3.44. The SMILES string of the molecule is C=C[C@H](C)[C@H](O)c1ccc(C#N)cc1. The highest BCUT2D eigenvalue weighted by Crippen LogP contribution is 2.22. The Morgan fingerprint density at radius 2 is 2.00 bits per heavy atom. The molecule has 1 N–H and O–H groups in total. The summed E-state index contributed by atoms with van der Waals surface area (Å²) < 4.78 is 0. The second-order valence-electron chi connectivity index (χ2n) is 3.27. The summed E-state index contributed by atoms with van der Waals surface area (Å²) >= 11 is 0. The number of nitriles is 1. The van der Waals surface area contributed by atoms with E-state index < -0.39 is 6.10 Å². The van der Waals surface area contributed by atoms with E-state index in [4.69, 9.17) is 5.26 Å². The van der Waals surface area contributed by atoms with Crippen molar-refractivity contribution in [3.63, 3.8) is 0 Å². The topological polar surface area (TPSA) is 44.0 Å². The molecular weight excluding hydrogens is 174 g/mol. The van der Waals surface area contributed by atoms with Crippen molar-refractivity contribution in [3.8, 4) is 6.07 Å². The van der Waals surface area contributed by atoms with Gasteiger partial charge in [-0.25, -0.2) is 0 Å². The summed E-state index contributed by atoms with van der Waals surface area (Å²) in [4.78, 5) is 0. The molecule has 0 heterocycles. The van der Waals surface area contributed by atoms with E-state index in [0.29, 0.717) is 5.56 Å². The monoisotopic (exact) mass is 187 g/mol. The predicted molar refractivity (Wildman–Crippen MR) is 55.5 cm³/mol. The molecule has 0 aliphatic rings. The van der Waals surface area contributed by atoms with Crippen LogP contribution in [0, 0.1) is 17.2 Å². The maximum absolute atomic E-state index is 9.80. The summed E-state index contributed by atoms with van der Waals surface area (Å²) in [5, 5.41) is 18.4. The Labute approximate surface area is 84.1 Å². The lowest BCUT2D eigenvalue weighted by Gasteiger charge is -2.15. The van der Waals surface area contributed by atoms with E-state index in [0.717, 1.165) is 5.56 Å². The van der Waals surface area contributed by atoms with Gasteiger partial charge < -0.3 is 5.11 Å². The summed E-state index contributed by atoms with van der Waals surface area (Å²) in [5.74, 6) is 0.0166. The molecule has 1 rings (SSSR count). The maximum atomic E-state index is 9.80. The molecular formula is C12H13NO. The number of hydrogen-bond acceptors (Lipinski definition) is 2. The van der Waals surface area contributed by atoms with Gasteiger partial charge in [0.1, 0.15) is 0 Å². The van der Waals surface area contributed by atoms with Gasteiger partial charge in [0.25, 0.3) is 0 Å². The molecule has 14 heavy (non-hydrogen) atoms. The Morgan fingerprint density at radius 3 is 2.43 bits per heavy atom. The Balaban J connectivity index is 2.87. The number of rotatable bonds is 3. The van der Waals surface area contributed by atoms with Gasteiger partial charge in [0, 0.05) is 5.92 Å². The third-order valence-electron chi connectivity index (χ3n) is 2.25. The highest BCUT2D eigenvalue weighted by atomic mass is 16.3. The van der Waals surface area contributed by atoms with Crippen molar-refractivity contribution in [2.75, 3.05) is 0 Å². The first kappa shape index (κ1) is 10.5. The van der Waals surface area contributed by atoms with E-state index in [1.807, 2.05) is 13.0 Å². The zero-order valence-corrected chi connectivity index (χ0v) is 8.14. The van der Waals surface area contributed by atoms with E-state index in [-0.39, 0.29) is 5.92 Å². The third-order valence-corrected chi connectivity index (χ3v) is 2.25. The van der Waals surface area contributed by atoms with Gasteiger partial charge in [0.05, 0.1) is 17.7 Å². The fourth-order valence-electron chi connectivity index (χ4n) is 1.19. The minimum absolute atomic E-state index is 0.0166. The second-order valence-corrected chi connectivity index (χ2v) is 3.27. The molecule has 0 saturated heterocycles. The summed E-state index contributed by atoms with van der Waals surface area (Å²) in [5.41, 5.74) is 1.42. The molecule has 0 aliphatic carbocycles. The number of benzene rings is 1. The van der Waals surface area contributed by atoms with Crippen LogP contribution >= 0.6 is 0 Å². The first-order valence-electron chi connectivity index (χ1n) is 4.49. The molecule has 2 atom stereocenters. The molecule has 0 saturated carbocycles. The van der Waals surface area contributed by atoms with E-state index in [1.54, 1.807) is 30.3 Å². The molecule has 2 heteroatoms. The van der Waals surface area contributed by atoms with Crippen LogP contribution in [0.4, 0.5) is 0 Å². The van der Waals surface area contributed by atoms with Gasteiger partial charge in [-0.2, -0.15) is 5.26 Å². The van der Waals surface area contributed by atoms with E-state index in [9.17, 15) is 5.11 Å². The van der Waals surface area contributed by atoms with Crippen molar-refractivity contribution < 1.29 is 5.11 Å². The van der Waals surface area contributed by atoms with Crippen LogP contribution in [0.15, 0.2) is 36.9 Å². The molecule has 0 spiro atoms. The van der Waals surface area contributed by atoms with Crippen LogP contribution in [0.25, 0.3) is 0 Å². The second kappa shape index (κ2) is 4.59. The average molecular weight is 187 g/mol. The van der Waals surface area contributed by atoms with Gasteiger partial charge in [0.15, 0.2) is 0 Å². The van der Waals surface area contributed by atoms with Crippen molar-refractivity contribution in [1.29, 1.82) is 5.26 Å². The minimum Gasteiger partial charge on any atom is -0.388 e. The van der Waals surface area contributed by atoms with Crippen molar-refractivity contribution in [3.05, 3.63) is 48.0 Å². The first-order chi connectivity index (χ1) is 6.69. The zero-order chi connectivity index (χ0) is 10.6. The summed E-state index contributed by atoms with van der Waals surface area (Å²) in [6.07, 6.45) is 1.17. The Hall–Kier alpha value is -1.59.